The van der Waals surface area contributed by atoms with Gasteiger partial charge in [-0.25, -0.2) is 9.97 Å². The molecule has 0 aliphatic carbocycles. The zero-order valence-electron chi connectivity index (χ0n) is 12.7. The molecular formula is C16H19N3OS. The Morgan fingerprint density at radius 1 is 1.33 bits per heavy atom. The molecule has 0 aliphatic heterocycles. The lowest BCUT2D eigenvalue weighted by atomic mass is 10.1. The highest BCUT2D eigenvalue weighted by atomic mass is 32.2. The normalized spacial score (nSPS) is 10.5. The zero-order valence-corrected chi connectivity index (χ0v) is 13.5. The lowest BCUT2D eigenvalue weighted by Gasteiger charge is -2.13. The lowest BCUT2D eigenvalue weighted by molar-refractivity contribution is 0.102. The van der Waals surface area contributed by atoms with Gasteiger partial charge < -0.3 is 5.32 Å². The summed E-state index contributed by atoms with van der Waals surface area (Å²) in [5.41, 5.74) is 4.28. The van der Waals surface area contributed by atoms with Crippen LogP contribution >= 0.6 is 11.8 Å². The average Bonchev–Trinajstić information content (AvgIpc) is 2.48. The van der Waals surface area contributed by atoms with Crippen LogP contribution in [0, 0.1) is 13.8 Å². The van der Waals surface area contributed by atoms with E-state index >= 15 is 0 Å². The van der Waals surface area contributed by atoms with Gasteiger partial charge in [-0.05, 0) is 37.7 Å². The number of rotatable bonds is 4. The molecule has 2 aromatic rings. The van der Waals surface area contributed by atoms with E-state index < -0.39 is 0 Å². The van der Waals surface area contributed by atoms with Crippen molar-refractivity contribution < 1.29 is 4.79 Å². The fourth-order valence-electron chi connectivity index (χ4n) is 2.15. The minimum absolute atomic E-state index is 0.163. The molecule has 0 atom stereocenters. The number of hydrogen-bond acceptors (Lipinski definition) is 4. The summed E-state index contributed by atoms with van der Waals surface area (Å²) in [4.78, 5) is 20.9. The number of para-hydroxylation sites is 1. The Morgan fingerprint density at radius 2 is 2.10 bits per heavy atom. The van der Waals surface area contributed by atoms with Gasteiger partial charge >= 0.3 is 0 Å². The van der Waals surface area contributed by atoms with Gasteiger partial charge in [0.25, 0.3) is 5.91 Å². The van der Waals surface area contributed by atoms with Crippen LogP contribution in [0.4, 0.5) is 5.69 Å². The van der Waals surface area contributed by atoms with Crippen molar-refractivity contribution in [3.8, 4) is 0 Å². The Kier molecular flexibility index (Phi) is 4.96. The van der Waals surface area contributed by atoms with E-state index in [1.807, 2.05) is 38.3 Å². The van der Waals surface area contributed by atoms with Crippen molar-refractivity contribution in [2.24, 2.45) is 0 Å². The van der Waals surface area contributed by atoms with Gasteiger partial charge in [-0.1, -0.05) is 36.9 Å². The molecule has 1 aromatic carbocycles. The molecule has 0 saturated heterocycles. The summed E-state index contributed by atoms with van der Waals surface area (Å²) >= 11 is 1.46. The highest BCUT2D eigenvalue weighted by Crippen LogP contribution is 2.22. The summed E-state index contributed by atoms with van der Waals surface area (Å²) in [6, 6.07) is 6.03. The molecule has 0 radical (unpaired) electrons. The molecule has 1 N–H and O–H groups in total. The van der Waals surface area contributed by atoms with Gasteiger partial charge in [-0.2, -0.15) is 0 Å². The maximum absolute atomic E-state index is 12.5. The van der Waals surface area contributed by atoms with E-state index in [4.69, 9.17) is 0 Å². The zero-order chi connectivity index (χ0) is 15.4. The highest BCUT2D eigenvalue weighted by molar-refractivity contribution is 7.98. The molecule has 0 fully saturated rings. The first-order valence-electron chi connectivity index (χ1n) is 6.84. The second-order valence-corrected chi connectivity index (χ2v) is 5.55. The molecule has 1 aromatic heterocycles. The first-order valence-corrected chi connectivity index (χ1v) is 8.06. The predicted molar refractivity (Wildman–Crippen MR) is 87.1 cm³/mol. The number of aromatic nitrogens is 2. The third-order valence-corrected chi connectivity index (χ3v) is 3.92. The Morgan fingerprint density at radius 3 is 2.71 bits per heavy atom. The molecular weight excluding hydrogens is 282 g/mol. The van der Waals surface area contributed by atoms with E-state index in [9.17, 15) is 4.79 Å². The fraction of sp³-hybridized carbons (Fsp3) is 0.312. The summed E-state index contributed by atoms with van der Waals surface area (Å²) in [5.74, 6) is -0.163. The van der Waals surface area contributed by atoms with Crippen molar-refractivity contribution in [2.45, 2.75) is 32.3 Å². The first-order chi connectivity index (χ1) is 10.1. The van der Waals surface area contributed by atoms with Gasteiger partial charge in [0.1, 0.15) is 0 Å². The van der Waals surface area contributed by atoms with Gasteiger partial charge in [0.2, 0.25) is 0 Å². The van der Waals surface area contributed by atoms with Crippen LogP contribution in [0.2, 0.25) is 0 Å². The second kappa shape index (κ2) is 6.72. The summed E-state index contributed by atoms with van der Waals surface area (Å²) in [7, 11) is 0. The van der Waals surface area contributed by atoms with Crippen LogP contribution in [0.5, 0.6) is 0 Å². The SMILES string of the molecule is CCc1cccc(C)c1NC(=O)c1cnc(SC)nc1C. The first kappa shape index (κ1) is 15.5. The average molecular weight is 301 g/mol. The smallest absolute Gasteiger partial charge is 0.259 e. The van der Waals surface area contributed by atoms with Crippen LogP contribution in [0.25, 0.3) is 0 Å². The number of nitrogens with zero attached hydrogens (tertiary/aromatic N) is 2. The predicted octanol–water partition coefficient (Wildman–Crippen LogP) is 3.63. The van der Waals surface area contributed by atoms with Gasteiger partial charge in [0, 0.05) is 11.9 Å². The van der Waals surface area contributed by atoms with Crippen molar-refractivity contribution in [1.29, 1.82) is 0 Å². The Hall–Kier alpha value is -1.88. The summed E-state index contributed by atoms with van der Waals surface area (Å²) < 4.78 is 0. The van der Waals surface area contributed by atoms with Gasteiger partial charge in [0.15, 0.2) is 5.16 Å². The third-order valence-electron chi connectivity index (χ3n) is 3.36. The molecule has 0 aliphatic rings. The Balaban J connectivity index is 2.30. The molecule has 110 valence electrons. The number of thioether (sulfide) groups is 1. The van der Waals surface area contributed by atoms with Crippen molar-refractivity contribution >= 4 is 23.4 Å². The summed E-state index contributed by atoms with van der Waals surface area (Å²) in [6.45, 7) is 5.90. The Labute approximate surface area is 129 Å². The maximum atomic E-state index is 12.5. The number of hydrogen-bond donors (Lipinski definition) is 1. The van der Waals surface area contributed by atoms with E-state index in [1.165, 1.54) is 11.8 Å². The van der Waals surface area contributed by atoms with Crippen molar-refractivity contribution in [2.75, 3.05) is 11.6 Å². The van der Waals surface area contributed by atoms with Gasteiger partial charge in [-0.3, -0.25) is 4.79 Å². The minimum atomic E-state index is -0.163. The van der Waals surface area contributed by atoms with E-state index in [2.05, 4.69) is 22.2 Å². The van der Waals surface area contributed by atoms with Crippen molar-refractivity contribution in [3.63, 3.8) is 0 Å². The maximum Gasteiger partial charge on any atom is 0.259 e. The number of amides is 1. The van der Waals surface area contributed by atoms with Crippen molar-refractivity contribution in [3.05, 3.63) is 46.8 Å². The van der Waals surface area contributed by atoms with Gasteiger partial charge in [-0.15, -0.1) is 0 Å². The monoisotopic (exact) mass is 301 g/mol. The van der Waals surface area contributed by atoms with E-state index in [-0.39, 0.29) is 5.91 Å². The molecule has 1 amide bonds. The highest BCUT2D eigenvalue weighted by Gasteiger charge is 2.14. The lowest BCUT2D eigenvalue weighted by Crippen LogP contribution is -2.16. The largest absolute Gasteiger partial charge is 0.321 e. The number of benzene rings is 1. The van der Waals surface area contributed by atoms with E-state index in [0.29, 0.717) is 16.4 Å². The number of carbonyl (C=O) groups is 1. The fourth-order valence-corrected chi connectivity index (χ4v) is 2.54. The summed E-state index contributed by atoms with van der Waals surface area (Å²) in [6.07, 6.45) is 4.38. The molecule has 0 bridgehead atoms. The van der Waals surface area contributed by atoms with Crippen LogP contribution < -0.4 is 5.32 Å². The number of nitrogens with one attached hydrogen (secondary N) is 1. The second-order valence-electron chi connectivity index (χ2n) is 4.77. The molecule has 2 rings (SSSR count). The standard InChI is InChI=1S/C16H19N3OS/c1-5-12-8-6-7-10(2)14(12)19-15(20)13-9-17-16(21-4)18-11(13)3/h6-9H,5H2,1-4H3,(H,19,20). The molecule has 0 unspecified atom stereocenters. The minimum Gasteiger partial charge on any atom is -0.321 e. The molecule has 0 saturated carbocycles. The van der Waals surface area contributed by atoms with E-state index in [1.54, 1.807) is 6.20 Å². The molecule has 5 heteroatoms. The molecule has 4 nitrogen and oxygen atoms in total. The van der Waals surface area contributed by atoms with Crippen molar-refractivity contribution in [1.82, 2.24) is 9.97 Å². The number of carbonyl (C=O) groups excluding carboxylic acids is 1. The van der Waals surface area contributed by atoms with Crippen LogP contribution in [0.3, 0.4) is 0 Å². The summed E-state index contributed by atoms with van der Waals surface area (Å²) in [5, 5.41) is 3.67. The third kappa shape index (κ3) is 3.42. The number of anilines is 1. The van der Waals surface area contributed by atoms with Crippen LogP contribution in [-0.4, -0.2) is 22.1 Å². The van der Waals surface area contributed by atoms with Crippen LogP contribution in [0.1, 0.15) is 34.1 Å². The Bertz CT molecular complexity index is 671. The molecule has 0 spiro atoms. The topological polar surface area (TPSA) is 54.9 Å². The van der Waals surface area contributed by atoms with Gasteiger partial charge in [0.05, 0.1) is 11.3 Å². The molecule has 21 heavy (non-hydrogen) atoms. The quantitative estimate of drug-likeness (QED) is 0.692. The number of aryl methyl sites for hydroxylation is 3. The molecule has 1 heterocycles. The van der Waals surface area contributed by atoms with E-state index in [0.717, 1.165) is 23.2 Å². The van der Waals surface area contributed by atoms with Crippen LogP contribution in [0.15, 0.2) is 29.6 Å². The van der Waals surface area contributed by atoms with Crippen LogP contribution in [-0.2, 0) is 6.42 Å².